The molecule has 0 aliphatic rings. The Hall–Kier alpha value is -6.48. The van der Waals surface area contributed by atoms with Crippen molar-refractivity contribution in [3.8, 4) is 33.4 Å². The number of rotatable bonds is 6. The fourth-order valence-electron chi connectivity index (χ4n) is 7.71. The van der Waals surface area contributed by atoms with Crippen molar-refractivity contribution in [2.24, 2.45) is 0 Å². The minimum atomic E-state index is 1.11. The van der Waals surface area contributed by atoms with Crippen LogP contribution in [-0.4, -0.2) is 0 Å². The first-order chi connectivity index (χ1) is 25.8. The molecule has 1 heterocycles. The van der Waals surface area contributed by atoms with Crippen LogP contribution in [0, 0.1) is 0 Å². The lowest BCUT2D eigenvalue weighted by Crippen LogP contribution is -2.11. The number of fused-ring (bicyclic) bond motifs is 5. The van der Waals surface area contributed by atoms with Crippen LogP contribution in [0.2, 0.25) is 0 Å². The predicted molar refractivity (Wildman–Crippen MR) is 225 cm³/mol. The van der Waals surface area contributed by atoms with Crippen LogP contribution in [-0.2, 0) is 0 Å². The molecule has 0 fully saturated rings. The summed E-state index contributed by atoms with van der Waals surface area (Å²) in [6.45, 7) is 0. The lowest BCUT2D eigenvalue weighted by atomic mass is 9.94. The summed E-state index contributed by atoms with van der Waals surface area (Å²) < 4.78 is 2.57. The van der Waals surface area contributed by atoms with E-state index in [1.54, 1.807) is 0 Å². The zero-order valence-electron chi connectivity index (χ0n) is 28.4. The summed E-state index contributed by atoms with van der Waals surface area (Å²) in [4.78, 5) is 2.48. The summed E-state index contributed by atoms with van der Waals surface area (Å²) in [6, 6.07) is 73.1. The van der Waals surface area contributed by atoms with Crippen LogP contribution in [0.5, 0.6) is 0 Å². The summed E-state index contributed by atoms with van der Waals surface area (Å²) in [6.07, 6.45) is 0. The highest BCUT2D eigenvalue weighted by Gasteiger charge is 2.22. The fourth-order valence-corrected chi connectivity index (χ4v) is 8.92. The van der Waals surface area contributed by atoms with Crippen molar-refractivity contribution in [2.45, 2.75) is 0 Å². The van der Waals surface area contributed by atoms with Gasteiger partial charge in [0.25, 0.3) is 0 Å². The molecule has 0 aliphatic carbocycles. The normalized spacial score (nSPS) is 11.5. The number of anilines is 3. The molecule has 0 atom stereocenters. The van der Waals surface area contributed by atoms with E-state index in [-0.39, 0.29) is 0 Å². The second-order valence-corrected chi connectivity index (χ2v) is 14.4. The Kier molecular flexibility index (Phi) is 7.41. The second-order valence-electron chi connectivity index (χ2n) is 13.3. The van der Waals surface area contributed by atoms with Gasteiger partial charge < -0.3 is 4.90 Å². The van der Waals surface area contributed by atoms with E-state index in [9.17, 15) is 0 Å². The molecule has 0 amide bonds. The molecule has 9 aromatic carbocycles. The first-order valence-electron chi connectivity index (χ1n) is 17.8. The summed E-state index contributed by atoms with van der Waals surface area (Å²) in [5.41, 5.74) is 10.6. The van der Waals surface area contributed by atoms with Crippen LogP contribution in [0.1, 0.15) is 0 Å². The third-order valence-corrected chi connectivity index (χ3v) is 11.5. The van der Waals surface area contributed by atoms with Gasteiger partial charge in [-0.1, -0.05) is 164 Å². The van der Waals surface area contributed by atoms with Crippen molar-refractivity contribution in [1.82, 2.24) is 0 Å². The lowest BCUT2D eigenvalue weighted by molar-refractivity contribution is 1.30. The lowest BCUT2D eigenvalue weighted by Gasteiger charge is -2.29. The van der Waals surface area contributed by atoms with Crippen LogP contribution in [0.3, 0.4) is 0 Å². The van der Waals surface area contributed by atoms with Crippen molar-refractivity contribution in [3.05, 3.63) is 200 Å². The van der Waals surface area contributed by atoms with Crippen LogP contribution < -0.4 is 4.90 Å². The minimum Gasteiger partial charge on any atom is -0.308 e. The molecule has 244 valence electrons. The van der Waals surface area contributed by atoms with Crippen LogP contribution in [0.15, 0.2) is 200 Å². The minimum absolute atomic E-state index is 1.11. The second kappa shape index (κ2) is 12.7. The molecule has 0 saturated carbocycles. The van der Waals surface area contributed by atoms with Gasteiger partial charge in [0.2, 0.25) is 0 Å². The maximum atomic E-state index is 2.48. The van der Waals surface area contributed by atoms with E-state index < -0.39 is 0 Å². The number of nitrogens with zero attached hydrogens (tertiary/aromatic N) is 1. The monoisotopic (exact) mass is 679 g/mol. The van der Waals surface area contributed by atoms with Crippen LogP contribution in [0.25, 0.3) is 75.1 Å². The van der Waals surface area contributed by atoms with Crippen LogP contribution >= 0.6 is 11.3 Å². The average Bonchev–Trinajstić information content (AvgIpc) is 3.61. The van der Waals surface area contributed by atoms with Crippen molar-refractivity contribution >= 4 is 70.1 Å². The molecular weight excluding hydrogens is 647 g/mol. The summed E-state index contributed by atoms with van der Waals surface area (Å²) in [5.74, 6) is 0. The fraction of sp³-hybridized carbons (Fsp3) is 0. The first-order valence-corrected chi connectivity index (χ1v) is 18.6. The van der Waals surface area contributed by atoms with Crippen molar-refractivity contribution in [1.29, 1.82) is 0 Å². The Bertz CT molecular complexity index is 2900. The van der Waals surface area contributed by atoms with E-state index in [2.05, 4.69) is 205 Å². The molecule has 1 nitrogen and oxygen atoms in total. The molecule has 2 heteroatoms. The van der Waals surface area contributed by atoms with Gasteiger partial charge in [-0.05, 0) is 85.8 Å². The highest BCUT2D eigenvalue weighted by molar-refractivity contribution is 7.26. The average molecular weight is 680 g/mol. The molecular formula is C50H33NS. The molecule has 0 N–H and O–H groups in total. The van der Waals surface area contributed by atoms with E-state index in [1.165, 1.54) is 80.8 Å². The first kappa shape index (κ1) is 30.4. The molecule has 52 heavy (non-hydrogen) atoms. The van der Waals surface area contributed by atoms with E-state index >= 15 is 0 Å². The van der Waals surface area contributed by atoms with Gasteiger partial charge in [0.05, 0.1) is 16.1 Å². The van der Waals surface area contributed by atoms with Crippen LogP contribution in [0.4, 0.5) is 17.1 Å². The maximum Gasteiger partial charge on any atom is 0.0640 e. The van der Waals surface area contributed by atoms with Crippen molar-refractivity contribution in [3.63, 3.8) is 0 Å². The molecule has 1 aromatic heterocycles. The number of hydrogen-bond donors (Lipinski definition) is 0. The molecule has 0 aliphatic heterocycles. The van der Waals surface area contributed by atoms with Gasteiger partial charge in [-0.25, -0.2) is 0 Å². The smallest absolute Gasteiger partial charge is 0.0640 e. The third kappa shape index (κ3) is 5.24. The Morgan fingerprint density at radius 3 is 1.85 bits per heavy atom. The number of benzene rings is 9. The maximum absolute atomic E-state index is 2.48. The predicted octanol–water partition coefficient (Wildman–Crippen LogP) is 14.8. The third-order valence-electron chi connectivity index (χ3n) is 10.3. The highest BCUT2D eigenvalue weighted by Crippen LogP contribution is 2.48. The quantitative estimate of drug-likeness (QED) is 0.169. The molecule has 0 saturated heterocycles. The van der Waals surface area contributed by atoms with Gasteiger partial charge >= 0.3 is 0 Å². The highest BCUT2D eigenvalue weighted by atomic mass is 32.1. The van der Waals surface area contributed by atoms with Crippen molar-refractivity contribution < 1.29 is 0 Å². The van der Waals surface area contributed by atoms with Gasteiger partial charge in [-0.3, -0.25) is 0 Å². The molecule has 0 radical (unpaired) electrons. The summed E-state index contributed by atoms with van der Waals surface area (Å²) in [5, 5.41) is 7.57. The number of thiophene rings is 1. The Balaban J connectivity index is 1.23. The molecule has 0 bridgehead atoms. The SMILES string of the molecule is c1ccc(-c2ccc(-c3cccc4ccccc34)cc2N(c2ccc(-c3ccc4ccccc4c3)cc2)c2cccc3c2sc2ccccc23)cc1. The van der Waals surface area contributed by atoms with E-state index in [1.807, 2.05) is 11.3 Å². The largest absolute Gasteiger partial charge is 0.308 e. The zero-order valence-corrected chi connectivity index (χ0v) is 29.2. The Morgan fingerprint density at radius 1 is 0.327 bits per heavy atom. The summed E-state index contributed by atoms with van der Waals surface area (Å²) >= 11 is 1.87. The molecule has 10 aromatic rings. The van der Waals surface area contributed by atoms with Gasteiger partial charge in [-0.2, -0.15) is 0 Å². The zero-order chi connectivity index (χ0) is 34.4. The molecule has 10 rings (SSSR count). The molecule has 0 spiro atoms. The van der Waals surface area contributed by atoms with E-state index in [0.717, 1.165) is 11.4 Å². The summed E-state index contributed by atoms with van der Waals surface area (Å²) in [7, 11) is 0. The van der Waals surface area contributed by atoms with Gasteiger partial charge in [-0.15, -0.1) is 11.3 Å². The van der Waals surface area contributed by atoms with E-state index in [4.69, 9.17) is 0 Å². The molecule has 0 unspecified atom stereocenters. The van der Waals surface area contributed by atoms with Crippen molar-refractivity contribution in [2.75, 3.05) is 4.90 Å². The van der Waals surface area contributed by atoms with Gasteiger partial charge in [0.15, 0.2) is 0 Å². The van der Waals surface area contributed by atoms with E-state index in [0.29, 0.717) is 0 Å². The number of hydrogen-bond acceptors (Lipinski definition) is 2. The van der Waals surface area contributed by atoms with Gasteiger partial charge in [0, 0.05) is 26.7 Å². The Labute approximate surface area is 307 Å². The van der Waals surface area contributed by atoms with Gasteiger partial charge in [0.1, 0.15) is 0 Å². The topological polar surface area (TPSA) is 3.24 Å². The standard InChI is InChI=1S/C50H33NS/c1-2-13-37(14-3-1)44-31-28-40(43-20-10-17-36-15-6-7-18-42(36)43)33-48(44)51(47-22-11-21-46-45-19-8-9-23-49(45)52-50(46)47)41-29-26-35(27-30-41)39-25-24-34-12-4-5-16-38(34)32-39/h1-33H. The Morgan fingerprint density at radius 2 is 0.981 bits per heavy atom.